The Morgan fingerprint density at radius 3 is 0.780 bits per heavy atom. The van der Waals surface area contributed by atoms with Crippen molar-refractivity contribution < 1.29 is 107 Å². The zero-order valence-corrected chi connectivity index (χ0v) is 22.4. The van der Waals surface area contributed by atoms with Crippen LogP contribution in [0.3, 0.4) is 0 Å². The summed E-state index contributed by atoms with van der Waals surface area (Å²) in [6.45, 7) is 7.36. The molecule has 21 heteroatoms. The summed E-state index contributed by atoms with van der Waals surface area (Å²) in [5.41, 5.74) is -2.57. The van der Waals surface area contributed by atoms with Crippen molar-refractivity contribution in [3.05, 3.63) is 0 Å². The molecule has 0 saturated heterocycles. The first kappa shape index (κ1) is 43.6. The fourth-order valence-electron chi connectivity index (χ4n) is 1.79. The van der Waals surface area contributed by atoms with E-state index in [-0.39, 0.29) is 17.1 Å². The smallest absolute Gasteiger partial charge is 0.299 e. The average molecular weight is 688 g/mol. The van der Waals surface area contributed by atoms with E-state index in [1.54, 1.807) is 0 Å². The number of Topliss-reactive ketones (excluding diaryl/α,β-unsaturated/α-hetero) is 4. The molecule has 6 nitrogen and oxygen atoms in total. The zero-order chi connectivity index (χ0) is 33.1. The minimum Gasteiger partial charge on any atom is -0.299 e. The first-order chi connectivity index (χ1) is 17.0. The van der Waals surface area contributed by atoms with Gasteiger partial charge in [-0.25, -0.2) is 9.47 Å². The van der Waals surface area contributed by atoms with Gasteiger partial charge >= 0.3 is 36.8 Å². The molecule has 0 amide bonds. The van der Waals surface area contributed by atoms with Crippen molar-refractivity contribution in [2.45, 2.75) is 91.2 Å². The Labute approximate surface area is 232 Å². The predicted octanol–water partition coefficient (Wildman–Crippen LogP) is 6.65. The van der Waals surface area contributed by atoms with Crippen LogP contribution in [-0.2, 0) is 45.7 Å². The van der Waals surface area contributed by atoms with E-state index in [0.717, 1.165) is 0 Å². The molecule has 0 fully saturated rings. The Kier molecular flexibility index (Phi) is 14.5. The van der Waals surface area contributed by atoms with Crippen LogP contribution < -0.4 is 0 Å². The second-order valence-corrected chi connectivity index (χ2v) is 9.82. The van der Waals surface area contributed by atoms with Crippen molar-refractivity contribution in [2.75, 3.05) is 0 Å². The Bertz CT molecular complexity index is 868. The molecule has 41 heavy (non-hydrogen) atoms. The van der Waals surface area contributed by atoms with Gasteiger partial charge in [-0.05, 0) is 0 Å². The van der Waals surface area contributed by atoms with Gasteiger partial charge in [0.2, 0.25) is 11.6 Å². The zero-order valence-electron chi connectivity index (χ0n) is 21.5. The van der Waals surface area contributed by atoms with Crippen LogP contribution >= 0.6 is 0 Å². The molecular weight excluding hydrogens is 666 g/mol. The fraction of sp³-hybridized carbons (Fsp3) is 0.800. The minimum absolute atomic E-state index is 0. The van der Waals surface area contributed by atoms with Crippen molar-refractivity contribution in [2.24, 2.45) is 10.8 Å². The van der Waals surface area contributed by atoms with E-state index in [1.807, 2.05) is 9.47 Å². The molecule has 1 radical (unpaired) electrons. The summed E-state index contributed by atoms with van der Waals surface area (Å²) >= 11 is 0. The molecule has 0 aromatic rings. The molecular formula is C20H22CuF14O6. The quantitative estimate of drug-likeness (QED) is 0.145. The number of hydrogen-bond acceptors (Lipinski definition) is 6. The van der Waals surface area contributed by atoms with Crippen LogP contribution in [0.15, 0.2) is 0 Å². The van der Waals surface area contributed by atoms with E-state index in [1.165, 1.54) is 41.5 Å². The van der Waals surface area contributed by atoms with Crippen molar-refractivity contribution in [1.29, 1.82) is 0 Å². The molecule has 0 aliphatic rings. The largest absolute Gasteiger partial charge is 0.527 e. The maximum atomic E-state index is 13.0. The minimum atomic E-state index is -6.10. The fourth-order valence-corrected chi connectivity index (χ4v) is 1.79. The number of rotatable bonds is 10. The number of hydrogen-bond donors (Lipinski definition) is 0. The Hall–Kier alpha value is -1.86. The van der Waals surface area contributed by atoms with E-state index >= 15 is 0 Å². The second kappa shape index (κ2) is 13.6. The summed E-state index contributed by atoms with van der Waals surface area (Å²) in [5.74, 6) is -19.1. The monoisotopic (exact) mass is 687 g/mol. The van der Waals surface area contributed by atoms with E-state index in [4.69, 9.17) is 0 Å². The Morgan fingerprint density at radius 2 is 0.634 bits per heavy atom. The average Bonchev–Trinajstić information content (AvgIpc) is 2.62. The molecule has 0 rings (SSSR count). The first-order valence-corrected chi connectivity index (χ1v) is 10.2. The molecule has 0 saturated carbocycles. The molecule has 0 unspecified atom stereocenters. The van der Waals surface area contributed by atoms with Gasteiger partial charge in [-0.3, -0.25) is 19.2 Å². The third-order valence-electron chi connectivity index (χ3n) is 4.23. The van der Waals surface area contributed by atoms with Crippen molar-refractivity contribution in [1.82, 2.24) is 0 Å². The number of ketones is 4. The molecule has 0 bridgehead atoms. The van der Waals surface area contributed by atoms with Gasteiger partial charge in [0.05, 0.1) is 12.8 Å². The number of alkyl halides is 14. The third-order valence-corrected chi connectivity index (χ3v) is 4.23. The molecule has 247 valence electrons. The van der Waals surface area contributed by atoms with Crippen LogP contribution in [0.4, 0.5) is 61.5 Å². The maximum absolute atomic E-state index is 13.0. The SMILES string of the molecule is CC(C)(C)C(=O)CC(=O)C(F)(F)C(F)(F)OC(F)(F)F.CC(C)(C)C(=O)CC(=O)C(F)(F)C(F)(F)OC(F)(F)F.[Cu]. The van der Waals surface area contributed by atoms with E-state index < -0.39 is 83.6 Å². The van der Waals surface area contributed by atoms with Gasteiger partial charge in [0.1, 0.15) is 11.6 Å². The summed E-state index contributed by atoms with van der Waals surface area (Å²) in [6, 6.07) is 0. The van der Waals surface area contributed by atoms with Gasteiger partial charge in [0, 0.05) is 27.9 Å². The molecule has 0 aromatic carbocycles. The predicted molar refractivity (Wildman–Crippen MR) is 102 cm³/mol. The van der Waals surface area contributed by atoms with Crippen molar-refractivity contribution in [3.63, 3.8) is 0 Å². The summed E-state index contributed by atoms with van der Waals surface area (Å²) in [5, 5.41) is 0. The molecule has 0 atom stereocenters. The van der Waals surface area contributed by atoms with Gasteiger partial charge in [-0.1, -0.05) is 41.5 Å². The Balaban J connectivity index is -0.000000688. The molecule has 0 aromatic heterocycles. The normalized spacial score (nSPS) is 14.0. The van der Waals surface area contributed by atoms with Crippen LogP contribution in [0.1, 0.15) is 54.4 Å². The van der Waals surface area contributed by atoms with Gasteiger partial charge in [0.25, 0.3) is 0 Å². The van der Waals surface area contributed by atoms with Crippen LogP contribution in [0.5, 0.6) is 0 Å². The van der Waals surface area contributed by atoms with Gasteiger partial charge in [0.15, 0.2) is 0 Å². The first-order valence-electron chi connectivity index (χ1n) is 10.2. The summed E-state index contributed by atoms with van der Waals surface area (Å²) < 4.78 is 176. The molecule has 0 heterocycles. The summed E-state index contributed by atoms with van der Waals surface area (Å²) in [6.07, 6.45) is -27.6. The van der Waals surface area contributed by atoms with E-state index in [9.17, 15) is 80.6 Å². The van der Waals surface area contributed by atoms with Crippen LogP contribution in [0, 0.1) is 10.8 Å². The van der Waals surface area contributed by atoms with E-state index in [0.29, 0.717) is 0 Å². The van der Waals surface area contributed by atoms with Gasteiger partial charge < -0.3 is 0 Å². The van der Waals surface area contributed by atoms with Crippen LogP contribution in [0.25, 0.3) is 0 Å². The number of carbonyl (C=O) groups excluding carboxylic acids is 4. The number of ether oxygens (including phenoxy) is 2. The van der Waals surface area contributed by atoms with Crippen molar-refractivity contribution >= 4 is 23.1 Å². The molecule has 0 aliphatic carbocycles. The van der Waals surface area contributed by atoms with Crippen molar-refractivity contribution in [3.8, 4) is 0 Å². The standard InChI is InChI=1S/2C10H11F7O3.Cu/c2*1-7(2,3)5(18)4-6(19)8(11,12)9(13,14)20-10(15,16)17;/h2*4H2,1-3H3;. The van der Waals surface area contributed by atoms with Gasteiger partial charge in [-0.15, -0.1) is 26.3 Å². The number of carbonyl (C=O) groups is 4. The second-order valence-electron chi connectivity index (χ2n) is 9.82. The maximum Gasteiger partial charge on any atom is 0.527 e. The Morgan fingerprint density at radius 1 is 0.439 bits per heavy atom. The van der Waals surface area contributed by atoms with E-state index in [2.05, 4.69) is 0 Å². The van der Waals surface area contributed by atoms with Crippen LogP contribution in [-0.4, -0.2) is 59.9 Å². The topological polar surface area (TPSA) is 86.7 Å². The summed E-state index contributed by atoms with van der Waals surface area (Å²) in [7, 11) is 0. The third kappa shape index (κ3) is 13.8. The van der Waals surface area contributed by atoms with Gasteiger partial charge in [-0.2, -0.15) is 35.1 Å². The van der Waals surface area contributed by atoms with Crippen LogP contribution in [0.2, 0.25) is 0 Å². The number of halogens is 14. The molecule has 0 N–H and O–H groups in total. The summed E-state index contributed by atoms with van der Waals surface area (Å²) in [4.78, 5) is 44.5. The molecule has 0 aliphatic heterocycles. The molecule has 0 spiro atoms.